The molecule has 8 nitrogen and oxygen atoms in total. The van der Waals surface area contributed by atoms with Crippen molar-refractivity contribution in [3.63, 3.8) is 0 Å². The highest BCUT2D eigenvalue weighted by atomic mass is 79.9. The van der Waals surface area contributed by atoms with Gasteiger partial charge in [-0.15, -0.1) is 0 Å². The summed E-state index contributed by atoms with van der Waals surface area (Å²) in [7, 11) is 0. The Morgan fingerprint density at radius 2 is 2.04 bits per heavy atom. The molecule has 1 aliphatic heterocycles. The number of carbonyl (C=O) groups is 1. The predicted octanol–water partition coefficient (Wildman–Crippen LogP) is 3.00. The van der Waals surface area contributed by atoms with Gasteiger partial charge in [-0.25, -0.2) is 14.8 Å². The van der Waals surface area contributed by atoms with Crippen molar-refractivity contribution >= 4 is 39.3 Å². The van der Waals surface area contributed by atoms with E-state index in [1.807, 2.05) is 27.7 Å². The molecule has 0 atom stereocenters. The van der Waals surface area contributed by atoms with Crippen molar-refractivity contribution in [2.45, 2.75) is 51.7 Å². The van der Waals surface area contributed by atoms with Crippen LogP contribution in [0.2, 0.25) is 0 Å². The molecule has 0 bridgehead atoms. The number of ether oxygens (including phenoxy) is 1. The van der Waals surface area contributed by atoms with E-state index in [9.17, 15) is 4.79 Å². The van der Waals surface area contributed by atoms with Gasteiger partial charge in [0.1, 0.15) is 10.2 Å². The Balaban J connectivity index is 1.63. The first-order valence-corrected chi connectivity index (χ1v) is 9.07. The van der Waals surface area contributed by atoms with E-state index in [4.69, 9.17) is 4.74 Å². The molecule has 1 fully saturated rings. The number of aromatic amines is 1. The minimum Gasteiger partial charge on any atom is -0.444 e. The average molecular weight is 411 g/mol. The Kier molecular flexibility index (Phi) is 4.61. The number of alkyl carbamates (subject to hydrolysis) is 1. The van der Waals surface area contributed by atoms with Gasteiger partial charge in [0.2, 0.25) is 5.95 Å². The zero-order valence-electron chi connectivity index (χ0n) is 14.9. The molecule has 1 aliphatic rings. The van der Waals surface area contributed by atoms with Gasteiger partial charge in [0, 0.05) is 18.6 Å². The second kappa shape index (κ2) is 6.44. The van der Waals surface area contributed by atoms with E-state index >= 15 is 0 Å². The lowest BCUT2D eigenvalue weighted by Gasteiger charge is -2.39. The minimum absolute atomic E-state index is 0.287. The van der Waals surface area contributed by atoms with Crippen molar-refractivity contribution in [3.8, 4) is 0 Å². The highest BCUT2D eigenvalue weighted by Crippen LogP contribution is 2.26. The third kappa shape index (κ3) is 4.39. The predicted molar refractivity (Wildman–Crippen MR) is 98.6 cm³/mol. The van der Waals surface area contributed by atoms with Crippen LogP contribution in [0.1, 0.15) is 40.5 Å². The number of hydrogen-bond acceptors (Lipinski definition) is 6. The first-order valence-electron chi connectivity index (χ1n) is 8.28. The monoisotopic (exact) mass is 410 g/mol. The molecule has 2 aromatic rings. The standard InChI is InChI=1S/C16H23BrN6O2/c1-15(2,3)25-14(24)22-16(4)5-7-23(8-6-16)13-20-11-12(21-13)19-10(17)9-18-11/h9H,5-8H2,1-4H3,(H,22,24)(H,18,19,20,21). The lowest BCUT2D eigenvalue weighted by atomic mass is 9.90. The van der Waals surface area contributed by atoms with Gasteiger partial charge in [-0.3, -0.25) is 0 Å². The number of imidazole rings is 1. The number of fused-ring (bicyclic) bond motifs is 1. The Morgan fingerprint density at radius 3 is 2.68 bits per heavy atom. The van der Waals surface area contributed by atoms with Crippen LogP contribution in [0.15, 0.2) is 10.8 Å². The molecular formula is C16H23BrN6O2. The summed E-state index contributed by atoms with van der Waals surface area (Å²) in [5.41, 5.74) is 0.469. The highest BCUT2D eigenvalue weighted by Gasteiger charge is 2.34. The number of nitrogens with one attached hydrogen (secondary N) is 2. The Labute approximate surface area is 154 Å². The smallest absolute Gasteiger partial charge is 0.408 e. The molecule has 9 heteroatoms. The second-order valence-electron chi connectivity index (χ2n) is 7.60. The van der Waals surface area contributed by atoms with Crippen molar-refractivity contribution in [1.82, 2.24) is 25.3 Å². The summed E-state index contributed by atoms with van der Waals surface area (Å²) >= 11 is 3.30. The first-order chi connectivity index (χ1) is 11.6. The van der Waals surface area contributed by atoms with Crippen LogP contribution in [0.5, 0.6) is 0 Å². The quantitative estimate of drug-likeness (QED) is 0.789. The number of H-pyrrole nitrogens is 1. The van der Waals surface area contributed by atoms with Crippen LogP contribution in [0.25, 0.3) is 11.3 Å². The average Bonchev–Trinajstić information content (AvgIpc) is 2.88. The van der Waals surface area contributed by atoms with E-state index in [-0.39, 0.29) is 11.6 Å². The van der Waals surface area contributed by atoms with E-state index in [2.05, 4.69) is 46.1 Å². The maximum Gasteiger partial charge on any atom is 0.408 e. The van der Waals surface area contributed by atoms with Gasteiger partial charge in [-0.2, -0.15) is 4.98 Å². The lowest BCUT2D eigenvalue weighted by molar-refractivity contribution is 0.0448. The number of nitrogens with zero attached hydrogens (tertiary/aromatic N) is 4. The first kappa shape index (κ1) is 17.9. The van der Waals surface area contributed by atoms with Crippen molar-refractivity contribution in [2.75, 3.05) is 18.0 Å². The van der Waals surface area contributed by atoms with E-state index in [0.717, 1.165) is 31.9 Å². The Hall–Kier alpha value is -1.90. The molecule has 2 aromatic heterocycles. The fourth-order valence-corrected chi connectivity index (χ4v) is 3.07. The van der Waals surface area contributed by atoms with Gasteiger partial charge in [-0.1, -0.05) is 0 Å². The molecule has 0 aliphatic carbocycles. The molecule has 3 rings (SSSR count). The molecule has 0 unspecified atom stereocenters. The van der Waals surface area contributed by atoms with Gasteiger partial charge in [0.25, 0.3) is 0 Å². The van der Waals surface area contributed by atoms with Crippen LogP contribution in [0, 0.1) is 0 Å². The SMILES string of the molecule is CC1(NC(=O)OC(C)(C)C)CCN(c2nc3nc(Br)cnc3[nH]2)CC1. The van der Waals surface area contributed by atoms with Crippen LogP contribution in [-0.2, 0) is 4.74 Å². The van der Waals surface area contributed by atoms with Gasteiger partial charge in [0.05, 0.1) is 6.20 Å². The summed E-state index contributed by atoms with van der Waals surface area (Å²) < 4.78 is 6.02. The van der Waals surface area contributed by atoms with E-state index in [1.54, 1.807) is 6.20 Å². The number of hydrogen-bond donors (Lipinski definition) is 2. The highest BCUT2D eigenvalue weighted by molar-refractivity contribution is 9.10. The molecular weight excluding hydrogens is 388 g/mol. The summed E-state index contributed by atoms with van der Waals surface area (Å²) in [4.78, 5) is 30.5. The summed E-state index contributed by atoms with van der Waals surface area (Å²) in [6.45, 7) is 9.17. The maximum atomic E-state index is 12.0. The molecule has 136 valence electrons. The summed E-state index contributed by atoms with van der Waals surface area (Å²) in [6, 6.07) is 0. The molecule has 0 aromatic carbocycles. The third-order valence-electron chi connectivity index (χ3n) is 4.14. The van der Waals surface area contributed by atoms with Crippen LogP contribution >= 0.6 is 15.9 Å². The van der Waals surface area contributed by atoms with E-state index < -0.39 is 5.60 Å². The van der Waals surface area contributed by atoms with Crippen LogP contribution in [-0.4, -0.2) is 50.3 Å². The number of piperidine rings is 1. The number of halogens is 1. The van der Waals surface area contributed by atoms with Crippen LogP contribution < -0.4 is 10.2 Å². The molecule has 0 radical (unpaired) electrons. The van der Waals surface area contributed by atoms with Gasteiger partial charge in [-0.05, 0) is 56.5 Å². The molecule has 0 saturated carbocycles. The number of carbonyl (C=O) groups excluding carboxylic acids is 1. The number of aromatic nitrogens is 4. The van der Waals surface area contributed by atoms with Crippen LogP contribution in [0.4, 0.5) is 10.7 Å². The molecule has 3 heterocycles. The third-order valence-corrected chi connectivity index (χ3v) is 4.52. The molecule has 1 saturated heterocycles. The Morgan fingerprint density at radius 1 is 1.36 bits per heavy atom. The summed E-state index contributed by atoms with van der Waals surface area (Å²) in [5, 5.41) is 3.01. The zero-order chi connectivity index (χ0) is 18.2. The number of amides is 1. The molecule has 25 heavy (non-hydrogen) atoms. The van der Waals surface area contributed by atoms with Crippen molar-refractivity contribution in [3.05, 3.63) is 10.8 Å². The minimum atomic E-state index is -0.496. The van der Waals surface area contributed by atoms with Gasteiger partial charge in [0.15, 0.2) is 11.3 Å². The molecule has 1 amide bonds. The second-order valence-corrected chi connectivity index (χ2v) is 8.41. The number of anilines is 1. The van der Waals surface area contributed by atoms with Crippen molar-refractivity contribution in [2.24, 2.45) is 0 Å². The fraction of sp³-hybridized carbons (Fsp3) is 0.625. The van der Waals surface area contributed by atoms with Gasteiger partial charge < -0.3 is 19.9 Å². The van der Waals surface area contributed by atoms with Crippen molar-refractivity contribution < 1.29 is 9.53 Å². The normalized spacial score (nSPS) is 17.6. The molecule has 0 spiro atoms. The Bertz CT molecular complexity index is 777. The van der Waals surface area contributed by atoms with E-state index in [0.29, 0.717) is 15.9 Å². The summed E-state index contributed by atoms with van der Waals surface area (Å²) in [6.07, 6.45) is 2.87. The lowest BCUT2D eigenvalue weighted by Crippen LogP contribution is -2.54. The number of rotatable bonds is 2. The zero-order valence-corrected chi connectivity index (χ0v) is 16.5. The largest absolute Gasteiger partial charge is 0.444 e. The van der Waals surface area contributed by atoms with E-state index in [1.165, 1.54) is 0 Å². The molecule has 2 N–H and O–H groups in total. The topological polar surface area (TPSA) is 96.0 Å². The summed E-state index contributed by atoms with van der Waals surface area (Å²) in [5.74, 6) is 0.757. The maximum absolute atomic E-state index is 12.0. The fourth-order valence-electron chi connectivity index (χ4n) is 2.80. The van der Waals surface area contributed by atoms with Crippen LogP contribution in [0.3, 0.4) is 0 Å². The van der Waals surface area contributed by atoms with Gasteiger partial charge >= 0.3 is 6.09 Å². The van der Waals surface area contributed by atoms with Crippen molar-refractivity contribution in [1.29, 1.82) is 0 Å².